The van der Waals surface area contributed by atoms with Crippen LogP contribution < -0.4 is 5.32 Å². The molecule has 1 aliphatic rings. The Bertz CT molecular complexity index is 66.6. The fraction of sp³-hybridized carbons (Fsp3) is 0.857. The standard InChI is InChI=1S/C7H14NO/c1-2-9-7-3-5-8-6-4-7/h2,7-8H,3-6H2,1H3. The predicted molar refractivity (Wildman–Crippen MR) is 37.0 cm³/mol. The first kappa shape index (κ1) is 7.03. The molecule has 0 aromatic heterocycles. The number of piperidine rings is 1. The zero-order chi connectivity index (χ0) is 6.53. The number of nitrogens with one attached hydrogen (secondary N) is 1. The summed E-state index contributed by atoms with van der Waals surface area (Å²) in [7, 11) is 0. The van der Waals surface area contributed by atoms with Gasteiger partial charge in [-0.1, -0.05) is 0 Å². The molecule has 0 aromatic rings. The molecule has 1 aliphatic heterocycles. The molecule has 0 aromatic carbocycles. The molecule has 0 bridgehead atoms. The zero-order valence-corrected chi connectivity index (χ0v) is 5.89. The lowest BCUT2D eigenvalue weighted by Crippen LogP contribution is -2.31. The quantitative estimate of drug-likeness (QED) is 0.597. The van der Waals surface area contributed by atoms with Crippen LogP contribution in [0.3, 0.4) is 0 Å². The van der Waals surface area contributed by atoms with Gasteiger partial charge in [-0.2, -0.15) is 0 Å². The molecule has 1 saturated heterocycles. The van der Waals surface area contributed by atoms with Gasteiger partial charge in [-0.15, -0.1) is 0 Å². The summed E-state index contributed by atoms with van der Waals surface area (Å²) in [6.45, 7) is 5.94. The lowest BCUT2D eigenvalue weighted by atomic mass is 10.1. The number of hydrogen-bond donors (Lipinski definition) is 1. The predicted octanol–water partition coefficient (Wildman–Crippen LogP) is 0.937. The molecule has 1 rings (SSSR count). The second-order valence-electron chi connectivity index (χ2n) is 2.32. The van der Waals surface area contributed by atoms with Crippen molar-refractivity contribution in [3.05, 3.63) is 6.61 Å². The average molecular weight is 128 g/mol. The van der Waals surface area contributed by atoms with E-state index in [0.29, 0.717) is 6.10 Å². The maximum absolute atomic E-state index is 5.32. The highest BCUT2D eigenvalue weighted by molar-refractivity contribution is 4.68. The van der Waals surface area contributed by atoms with E-state index < -0.39 is 0 Å². The third-order valence-corrected chi connectivity index (χ3v) is 1.61. The molecule has 0 unspecified atom stereocenters. The highest BCUT2D eigenvalue weighted by Crippen LogP contribution is 2.07. The van der Waals surface area contributed by atoms with Gasteiger partial charge in [0.25, 0.3) is 0 Å². The summed E-state index contributed by atoms with van der Waals surface area (Å²) in [6.07, 6.45) is 2.80. The molecular weight excluding hydrogens is 114 g/mol. The summed E-state index contributed by atoms with van der Waals surface area (Å²) in [5.74, 6) is 0. The summed E-state index contributed by atoms with van der Waals surface area (Å²) in [5, 5.41) is 3.28. The van der Waals surface area contributed by atoms with E-state index >= 15 is 0 Å². The van der Waals surface area contributed by atoms with Gasteiger partial charge in [0.05, 0.1) is 12.7 Å². The molecule has 9 heavy (non-hydrogen) atoms. The third kappa shape index (κ3) is 2.33. The van der Waals surface area contributed by atoms with Crippen LogP contribution in [0.4, 0.5) is 0 Å². The van der Waals surface area contributed by atoms with E-state index in [1.807, 2.05) is 6.92 Å². The smallest absolute Gasteiger partial charge is 0.0809 e. The van der Waals surface area contributed by atoms with Crippen LogP contribution >= 0.6 is 0 Å². The van der Waals surface area contributed by atoms with Gasteiger partial charge in [-0.3, -0.25) is 0 Å². The fourth-order valence-electron chi connectivity index (χ4n) is 1.12. The van der Waals surface area contributed by atoms with Crippen LogP contribution in [0.1, 0.15) is 19.8 Å². The molecule has 1 N–H and O–H groups in total. The van der Waals surface area contributed by atoms with E-state index in [9.17, 15) is 0 Å². The lowest BCUT2D eigenvalue weighted by molar-refractivity contribution is 0.0821. The molecule has 0 aliphatic carbocycles. The Hall–Kier alpha value is -0.0800. The zero-order valence-electron chi connectivity index (χ0n) is 5.89. The van der Waals surface area contributed by atoms with Crippen molar-refractivity contribution < 1.29 is 4.74 Å². The molecular formula is C7H14NO. The highest BCUT2D eigenvalue weighted by Gasteiger charge is 2.11. The molecule has 1 heterocycles. The van der Waals surface area contributed by atoms with Crippen molar-refractivity contribution in [3.63, 3.8) is 0 Å². The van der Waals surface area contributed by atoms with Crippen LogP contribution in [0, 0.1) is 6.61 Å². The summed E-state index contributed by atoms with van der Waals surface area (Å²) in [4.78, 5) is 0. The van der Waals surface area contributed by atoms with E-state index in [2.05, 4.69) is 5.32 Å². The first-order valence-corrected chi connectivity index (χ1v) is 3.57. The molecule has 53 valence electrons. The minimum atomic E-state index is 0.483. The van der Waals surface area contributed by atoms with Gasteiger partial charge < -0.3 is 10.1 Å². The Balaban J connectivity index is 2.08. The van der Waals surface area contributed by atoms with Crippen molar-refractivity contribution in [2.75, 3.05) is 13.1 Å². The van der Waals surface area contributed by atoms with E-state index in [1.54, 1.807) is 6.61 Å². The summed E-state index contributed by atoms with van der Waals surface area (Å²) >= 11 is 0. The van der Waals surface area contributed by atoms with Crippen LogP contribution in [0.2, 0.25) is 0 Å². The van der Waals surface area contributed by atoms with Crippen molar-refractivity contribution in [2.24, 2.45) is 0 Å². The normalized spacial score (nSPS) is 22.3. The minimum Gasteiger partial charge on any atom is -0.372 e. The molecule has 0 spiro atoms. The minimum absolute atomic E-state index is 0.483. The van der Waals surface area contributed by atoms with Crippen LogP contribution in [-0.4, -0.2) is 19.2 Å². The molecule has 1 fully saturated rings. The van der Waals surface area contributed by atoms with Gasteiger partial charge in [0.15, 0.2) is 0 Å². The molecule has 2 nitrogen and oxygen atoms in total. The number of ether oxygens (including phenoxy) is 1. The van der Waals surface area contributed by atoms with Crippen molar-refractivity contribution in [1.29, 1.82) is 0 Å². The van der Waals surface area contributed by atoms with E-state index in [4.69, 9.17) is 4.74 Å². The second kappa shape index (κ2) is 3.85. The fourth-order valence-corrected chi connectivity index (χ4v) is 1.12. The van der Waals surface area contributed by atoms with Crippen molar-refractivity contribution in [2.45, 2.75) is 25.9 Å². The van der Waals surface area contributed by atoms with Crippen molar-refractivity contribution in [1.82, 2.24) is 5.32 Å². The van der Waals surface area contributed by atoms with Gasteiger partial charge >= 0.3 is 0 Å². The second-order valence-corrected chi connectivity index (χ2v) is 2.32. The summed E-state index contributed by atoms with van der Waals surface area (Å²) in [6, 6.07) is 0. The Kier molecular flexibility index (Phi) is 3.01. The maximum atomic E-state index is 5.32. The first-order chi connectivity index (χ1) is 4.43. The Morgan fingerprint density at radius 2 is 2.11 bits per heavy atom. The van der Waals surface area contributed by atoms with Gasteiger partial charge in [0.1, 0.15) is 0 Å². The SMILES string of the molecule is C[CH]OC1CCNCC1. The highest BCUT2D eigenvalue weighted by atomic mass is 16.5. The molecule has 1 radical (unpaired) electrons. The molecule has 0 saturated carbocycles. The first-order valence-electron chi connectivity index (χ1n) is 3.57. The molecule has 2 heteroatoms. The van der Waals surface area contributed by atoms with Crippen LogP contribution in [0.25, 0.3) is 0 Å². The largest absolute Gasteiger partial charge is 0.372 e. The number of rotatable bonds is 2. The maximum Gasteiger partial charge on any atom is 0.0809 e. The Labute approximate surface area is 56.6 Å². The summed E-state index contributed by atoms with van der Waals surface area (Å²) in [5.41, 5.74) is 0. The van der Waals surface area contributed by atoms with E-state index in [1.165, 1.54) is 0 Å². The summed E-state index contributed by atoms with van der Waals surface area (Å²) < 4.78 is 5.32. The average Bonchev–Trinajstić information content (AvgIpc) is 1.91. The Morgan fingerprint density at radius 3 is 2.67 bits per heavy atom. The van der Waals surface area contributed by atoms with Gasteiger partial charge in [0.2, 0.25) is 0 Å². The van der Waals surface area contributed by atoms with E-state index in [0.717, 1.165) is 25.9 Å². The van der Waals surface area contributed by atoms with Crippen LogP contribution in [0.15, 0.2) is 0 Å². The third-order valence-electron chi connectivity index (χ3n) is 1.61. The van der Waals surface area contributed by atoms with Crippen molar-refractivity contribution >= 4 is 0 Å². The molecule has 0 atom stereocenters. The van der Waals surface area contributed by atoms with Gasteiger partial charge in [-0.25, -0.2) is 0 Å². The van der Waals surface area contributed by atoms with Crippen LogP contribution in [-0.2, 0) is 4.74 Å². The topological polar surface area (TPSA) is 21.3 Å². The lowest BCUT2D eigenvalue weighted by Gasteiger charge is -2.21. The Morgan fingerprint density at radius 1 is 1.44 bits per heavy atom. The van der Waals surface area contributed by atoms with Crippen molar-refractivity contribution in [3.8, 4) is 0 Å². The number of hydrogen-bond acceptors (Lipinski definition) is 2. The van der Waals surface area contributed by atoms with Gasteiger partial charge in [-0.05, 0) is 32.9 Å². The van der Waals surface area contributed by atoms with Crippen LogP contribution in [0.5, 0.6) is 0 Å². The monoisotopic (exact) mass is 128 g/mol. The molecule has 0 amide bonds. The van der Waals surface area contributed by atoms with E-state index in [-0.39, 0.29) is 0 Å². The van der Waals surface area contributed by atoms with Gasteiger partial charge in [0, 0.05) is 0 Å².